The van der Waals surface area contributed by atoms with E-state index in [0.717, 1.165) is 0 Å². The number of carboxylic acid groups (broad SMARTS) is 1. The lowest BCUT2D eigenvalue weighted by Crippen LogP contribution is -2.35. The highest BCUT2D eigenvalue weighted by Crippen LogP contribution is 1.98. The van der Waals surface area contributed by atoms with E-state index in [1.165, 1.54) is 0 Å². The maximum absolute atomic E-state index is 10.6. The van der Waals surface area contributed by atoms with Crippen LogP contribution in [0.25, 0.3) is 0 Å². The number of carbonyl (C=O) groups excluding carboxylic acids is 1. The van der Waals surface area contributed by atoms with E-state index in [2.05, 4.69) is 10.6 Å². The van der Waals surface area contributed by atoms with E-state index in [0.29, 0.717) is 31.6 Å². The molecule has 86 valence electrons. The summed E-state index contributed by atoms with van der Waals surface area (Å²) in [5.41, 5.74) is 5.23. The third-order valence-corrected chi connectivity index (χ3v) is 1.75. The zero-order valence-corrected chi connectivity index (χ0v) is 8.75. The van der Waals surface area contributed by atoms with Gasteiger partial charge in [-0.1, -0.05) is 13.0 Å². The first-order valence-electron chi connectivity index (χ1n) is 4.74. The summed E-state index contributed by atoms with van der Waals surface area (Å²) in [5.74, 6) is -0.894. The summed E-state index contributed by atoms with van der Waals surface area (Å²) in [5, 5.41) is 14.0. The number of carboxylic acids is 1. The van der Waals surface area contributed by atoms with Crippen LogP contribution in [0.4, 0.5) is 4.79 Å². The smallest absolute Gasteiger partial charge is 0.331 e. The average Bonchev–Trinajstić information content (AvgIpc) is 2.15. The van der Waals surface area contributed by atoms with Gasteiger partial charge in [0.05, 0.1) is 0 Å². The Morgan fingerprint density at radius 3 is 2.53 bits per heavy atom. The fourth-order valence-corrected chi connectivity index (χ4v) is 0.954. The Bertz CT molecular complexity index is 251. The van der Waals surface area contributed by atoms with Gasteiger partial charge in [0.2, 0.25) is 0 Å². The second kappa shape index (κ2) is 7.81. The van der Waals surface area contributed by atoms with Crippen molar-refractivity contribution in [2.45, 2.75) is 13.3 Å². The minimum Gasteiger partial charge on any atom is -0.478 e. The number of aliphatic carboxylic acids is 1. The molecule has 0 heterocycles. The third-order valence-electron chi connectivity index (χ3n) is 1.75. The summed E-state index contributed by atoms with van der Waals surface area (Å²) in [6.45, 7) is 3.23. The predicted octanol–water partition coefficient (Wildman–Crippen LogP) is -0.335. The molecule has 0 saturated carbocycles. The number of primary amides is 1. The van der Waals surface area contributed by atoms with Crippen LogP contribution < -0.4 is 16.4 Å². The molecule has 15 heavy (non-hydrogen) atoms. The lowest BCUT2D eigenvalue weighted by Gasteiger charge is -2.03. The predicted molar refractivity (Wildman–Crippen MR) is 56.5 cm³/mol. The number of hydrogen-bond acceptors (Lipinski definition) is 3. The van der Waals surface area contributed by atoms with Gasteiger partial charge in [-0.2, -0.15) is 0 Å². The van der Waals surface area contributed by atoms with Gasteiger partial charge in [0.1, 0.15) is 0 Å². The number of urea groups is 1. The van der Waals surface area contributed by atoms with Crippen molar-refractivity contribution in [3.05, 3.63) is 11.6 Å². The molecule has 0 fully saturated rings. The molecule has 2 amide bonds. The first-order valence-corrected chi connectivity index (χ1v) is 4.74. The number of carbonyl (C=O) groups is 2. The summed E-state index contributed by atoms with van der Waals surface area (Å²) in [6.07, 6.45) is 2.11. The van der Waals surface area contributed by atoms with Crippen molar-refractivity contribution >= 4 is 12.0 Å². The second-order valence-electron chi connectivity index (χ2n) is 2.88. The molecule has 0 bridgehead atoms. The monoisotopic (exact) mass is 215 g/mol. The number of nitrogens with two attached hydrogens (primary N) is 1. The summed E-state index contributed by atoms with van der Waals surface area (Å²) in [4.78, 5) is 20.8. The molecule has 0 aromatic heterocycles. The molecule has 0 aliphatic rings. The Balaban J connectivity index is 3.59. The molecule has 0 aliphatic heterocycles. The van der Waals surface area contributed by atoms with Gasteiger partial charge in [0.25, 0.3) is 0 Å². The van der Waals surface area contributed by atoms with Crippen molar-refractivity contribution in [2.75, 3.05) is 19.6 Å². The quantitative estimate of drug-likeness (QED) is 0.344. The first-order chi connectivity index (χ1) is 7.07. The highest BCUT2D eigenvalue weighted by Gasteiger charge is 2.02. The van der Waals surface area contributed by atoms with Crippen LogP contribution in [0.1, 0.15) is 13.3 Å². The van der Waals surface area contributed by atoms with Crippen LogP contribution >= 0.6 is 0 Å². The van der Waals surface area contributed by atoms with Crippen LogP contribution in [0.5, 0.6) is 0 Å². The summed E-state index contributed by atoms with van der Waals surface area (Å²) < 4.78 is 0. The SMILES string of the molecule is CCC(=CCNCCNC(N)=O)C(=O)O. The van der Waals surface area contributed by atoms with Crippen molar-refractivity contribution in [1.29, 1.82) is 0 Å². The van der Waals surface area contributed by atoms with Crippen LogP contribution in [-0.2, 0) is 4.79 Å². The van der Waals surface area contributed by atoms with E-state index >= 15 is 0 Å². The van der Waals surface area contributed by atoms with Gasteiger partial charge in [0.15, 0.2) is 0 Å². The molecule has 0 radical (unpaired) electrons. The third kappa shape index (κ3) is 7.51. The van der Waals surface area contributed by atoms with Gasteiger partial charge in [-0.15, -0.1) is 0 Å². The lowest BCUT2D eigenvalue weighted by atomic mass is 10.2. The van der Waals surface area contributed by atoms with Gasteiger partial charge in [0, 0.05) is 25.2 Å². The topological polar surface area (TPSA) is 104 Å². The fourth-order valence-electron chi connectivity index (χ4n) is 0.954. The van der Waals surface area contributed by atoms with Crippen LogP contribution in [0.2, 0.25) is 0 Å². The van der Waals surface area contributed by atoms with E-state index in [9.17, 15) is 9.59 Å². The molecule has 0 aromatic carbocycles. The molecule has 0 aliphatic carbocycles. The Labute approximate surface area is 88.5 Å². The van der Waals surface area contributed by atoms with E-state index in [1.807, 2.05) is 0 Å². The van der Waals surface area contributed by atoms with Crippen LogP contribution in [-0.4, -0.2) is 36.7 Å². The van der Waals surface area contributed by atoms with Gasteiger partial charge >= 0.3 is 12.0 Å². The van der Waals surface area contributed by atoms with Gasteiger partial charge in [-0.05, 0) is 6.42 Å². The Kier molecular flexibility index (Phi) is 7.00. The van der Waals surface area contributed by atoms with Crippen molar-refractivity contribution in [2.24, 2.45) is 5.73 Å². The number of rotatable bonds is 7. The van der Waals surface area contributed by atoms with E-state index in [1.54, 1.807) is 13.0 Å². The minimum atomic E-state index is -0.894. The van der Waals surface area contributed by atoms with Crippen molar-refractivity contribution in [3.63, 3.8) is 0 Å². The largest absolute Gasteiger partial charge is 0.478 e. The van der Waals surface area contributed by atoms with E-state index < -0.39 is 12.0 Å². The molecule has 0 unspecified atom stereocenters. The van der Waals surface area contributed by atoms with Crippen molar-refractivity contribution in [1.82, 2.24) is 10.6 Å². The zero-order chi connectivity index (χ0) is 11.7. The zero-order valence-electron chi connectivity index (χ0n) is 8.75. The summed E-state index contributed by atoms with van der Waals surface area (Å²) in [6, 6.07) is -0.563. The van der Waals surface area contributed by atoms with Gasteiger partial charge in [-0.3, -0.25) is 0 Å². The maximum atomic E-state index is 10.6. The highest BCUT2D eigenvalue weighted by atomic mass is 16.4. The molecule has 6 heteroatoms. The molecule has 0 aromatic rings. The normalized spacial score (nSPS) is 11.1. The minimum absolute atomic E-state index is 0.380. The van der Waals surface area contributed by atoms with Crippen LogP contribution in [0.15, 0.2) is 11.6 Å². The van der Waals surface area contributed by atoms with Gasteiger partial charge in [-0.25, -0.2) is 9.59 Å². The van der Waals surface area contributed by atoms with Gasteiger partial charge < -0.3 is 21.5 Å². The number of nitrogens with one attached hydrogen (secondary N) is 2. The lowest BCUT2D eigenvalue weighted by molar-refractivity contribution is -0.132. The number of hydrogen-bond donors (Lipinski definition) is 4. The average molecular weight is 215 g/mol. The van der Waals surface area contributed by atoms with Crippen molar-refractivity contribution in [3.8, 4) is 0 Å². The summed E-state index contributed by atoms with van der Waals surface area (Å²) in [7, 11) is 0. The molecule has 5 N–H and O–H groups in total. The van der Waals surface area contributed by atoms with E-state index in [4.69, 9.17) is 10.8 Å². The standard InChI is InChI=1S/C9H17N3O3/c1-2-7(8(13)14)3-4-11-5-6-12-9(10)15/h3,11H,2,4-6H2,1H3,(H,13,14)(H3,10,12,15). The van der Waals surface area contributed by atoms with Crippen LogP contribution in [0, 0.1) is 0 Å². The molecule has 0 rings (SSSR count). The first kappa shape index (κ1) is 13.4. The molecule has 0 spiro atoms. The Hall–Kier alpha value is -1.56. The van der Waals surface area contributed by atoms with E-state index in [-0.39, 0.29) is 0 Å². The molecule has 0 saturated heterocycles. The Morgan fingerprint density at radius 1 is 1.40 bits per heavy atom. The molecular weight excluding hydrogens is 198 g/mol. The number of amides is 2. The Morgan fingerprint density at radius 2 is 2.07 bits per heavy atom. The fraction of sp³-hybridized carbons (Fsp3) is 0.556. The molecule has 0 atom stereocenters. The molecular formula is C9H17N3O3. The second-order valence-corrected chi connectivity index (χ2v) is 2.88. The molecule has 6 nitrogen and oxygen atoms in total. The van der Waals surface area contributed by atoms with Crippen LogP contribution in [0.3, 0.4) is 0 Å². The maximum Gasteiger partial charge on any atom is 0.331 e. The summed E-state index contributed by atoms with van der Waals surface area (Å²) >= 11 is 0. The van der Waals surface area contributed by atoms with Crippen molar-refractivity contribution < 1.29 is 14.7 Å². The highest BCUT2D eigenvalue weighted by molar-refractivity contribution is 5.86.